The third-order valence-corrected chi connectivity index (χ3v) is 4.44. The monoisotopic (exact) mass is 406 g/mol. The molecule has 158 valence electrons. The normalized spacial score (nSPS) is 11.4. The summed E-state index contributed by atoms with van der Waals surface area (Å²) in [6.45, 7) is 7.09. The summed E-state index contributed by atoms with van der Waals surface area (Å²) in [6, 6.07) is 22.6. The Balaban J connectivity index is 0.00000101. The summed E-state index contributed by atoms with van der Waals surface area (Å²) in [5.41, 5.74) is 6.09. The maximum Gasteiger partial charge on any atom is 0.204 e. The van der Waals surface area contributed by atoms with E-state index in [1.807, 2.05) is 57.2 Å². The molecule has 0 bridgehead atoms. The minimum Gasteiger partial charge on any atom is -0.512 e. The summed E-state index contributed by atoms with van der Waals surface area (Å²) in [6.07, 6.45) is 2.06. The van der Waals surface area contributed by atoms with Gasteiger partial charge in [0.05, 0.1) is 5.76 Å². The van der Waals surface area contributed by atoms with Crippen molar-refractivity contribution in [3.05, 3.63) is 84.1 Å². The predicted molar refractivity (Wildman–Crippen MR) is 124 cm³/mol. The summed E-state index contributed by atoms with van der Waals surface area (Å²) in [5.74, 6) is 1.23. The van der Waals surface area contributed by atoms with Crippen LogP contribution in [0.4, 0.5) is 5.69 Å². The molecule has 0 fully saturated rings. The molecule has 0 aromatic heterocycles. The quantitative estimate of drug-likeness (QED) is 0.377. The Kier molecular flexibility index (Phi) is 8.29. The molecule has 0 aliphatic rings. The summed E-state index contributed by atoms with van der Waals surface area (Å²) in [4.78, 5) is 8.58. The highest BCUT2D eigenvalue weighted by Crippen LogP contribution is 2.23. The molecule has 0 saturated heterocycles. The van der Waals surface area contributed by atoms with Crippen LogP contribution in [0.25, 0.3) is 10.8 Å². The van der Waals surface area contributed by atoms with Gasteiger partial charge in [-0.3, -0.25) is 4.79 Å². The van der Waals surface area contributed by atoms with E-state index < -0.39 is 0 Å². The van der Waals surface area contributed by atoms with Gasteiger partial charge in [-0.05, 0) is 52.7 Å². The topological polar surface area (TPSA) is 84.6 Å². The lowest BCUT2D eigenvalue weighted by Crippen LogP contribution is -2.10. The molecule has 0 radical (unpaired) electrons. The number of carbonyl (C=O) groups excluding carboxylic acids is 1. The van der Waals surface area contributed by atoms with Gasteiger partial charge in [0.1, 0.15) is 12.4 Å². The van der Waals surface area contributed by atoms with E-state index in [9.17, 15) is 5.11 Å². The number of benzene rings is 3. The number of aliphatic hydroxyl groups is 1. The van der Waals surface area contributed by atoms with E-state index in [1.54, 1.807) is 0 Å². The Bertz CT molecular complexity index is 974. The number of anilines is 1. The van der Waals surface area contributed by atoms with Gasteiger partial charge < -0.3 is 20.9 Å². The van der Waals surface area contributed by atoms with Crippen LogP contribution in [0.2, 0.25) is 0 Å². The van der Waals surface area contributed by atoms with Gasteiger partial charge >= 0.3 is 0 Å². The van der Waals surface area contributed by atoms with Gasteiger partial charge in [-0.2, -0.15) is 0 Å². The molecule has 5 heteroatoms. The number of primary amides is 1. The van der Waals surface area contributed by atoms with Gasteiger partial charge in [-0.1, -0.05) is 57.2 Å². The zero-order chi connectivity index (χ0) is 22.0. The van der Waals surface area contributed by atoms with E-state index in [1.165, 1.54) is 10.8 Å². The highest BCUT2D eigenvalue weighted by atomic mass is 16.5. The number of rotatable bonds is 6. The van der Waals surface area contributed by atoms with Gasteiger partial charge in [-0.15, -0.1) is 0 Å². The fraction of sp³-hybridized carbons (Fsp3) is 0.240. The smallest absolute Gasteiger partial charge is 0.204 e. The molecule has 3 aromatic carbocycles. The first-order chi connectivity index (χ1) is 14.3. The van der Waals surface area contributed by atoms with Gasteiger partial charge in [0.2, 0.25) is 6.41 Å². The molecule has 0 spiro atoms. The van der Waals surface area contributed by atoms with E-state index in [0.717, 1.165) is 17.0 Å². The van der Waals surface area contributed by atoms with Crippen molar-refractivity contribution in [3.63, 3.8) is 0 Å². The second-order valence-corrected chi connectivity index (χ2v) is 7.85. The van der Waals surface area contributed by atoms with Crippen LogP contribution >= 0.6 is 0 Å². The highest BCUT2D eigenvalue weighted by Gasteiger charge is 2.14. The average molecular weight is 407 g/mol. The molecule has 0 saturated carbocycles. The van der Waals surface area contributed by atoms with Gasteiger partial charge in [0.15, 0.2) is 0 Å². The van der Waals surface area contributed by atoms with E-state index in [-0.39, 0.29) is 11.8 Å². The second-order valence-electron chi connectivity index (χ2n) is 7.85. The molecule has 1 amide bonds. The lowest BCUT2D eigenvalue weighted by molar-refractivity contribution is -0.106. The van der Waals surface area contributed by atoms with Crippen LogP contribution in [0.5, 0.6) is 5.75 Å². The van der Waals surface area contributed by atoms with Crippen LogP contribution in [0.1, 0.15) is 26.3 Å². The number of amides is 1. The van der Waals surface area contributed by atoms with E-state index in [4.69, 9.17) is 9.53 Å². The number of hydrogen-bond acceptors (Lipinski definition) is 4. The van der Waals surface area contributed by atoms with E-state index >= 15 is 0 Å². The van der Waals surface area contributed by atoms with Crippen molar-refractivity contribution >= 4 is 22.9 Å². The first kappa shape index (κ1) is 22.8. The number of ether oxygens (including phenoxy) is 1. The minimum atomic E-state index is -0.220. The van der Waals surface area contributed by atoms with Crippen molar-refractivity contribution in [2.24, 2.45) is 11.1 Å². The maximum atomic E-state index is 9.95. The summed E-state index contributed by atoms with van der Waals surface area (Å²) >= 11 is 0. The first-order valence-electron chi connectivity index (χ1n) is 9.83. The molecule has 0 atom stereocenters. The van der Waals surface area contributed by atoms with Crippen LogP contribution < -0.4 is 15.8 Å². The fourth-order valence-electron chi connectivity index (χ4n) is 2.74. The molecule has 30 heavy (non-hydrogen) atoms. The Morgan fingerprint density at radius 1 is 1.03 bits per heavy atom. The molecule has 0 heterocycles. The van der Waals surface area contributed by atoms with Crippen LogP contribution in [0.15, 0.2) is 78.6 Å². The number of hydrogen-bond donors (Lipinski definition) is 3. The largest absolute Gasteiger partial charge is 0.512 e. The molecular formula is C25H30N2O3. The second kappa shape index (κ2) is 10.9. The number of carbonyl (C=O) groups is 1. The van der Waals surface area contributed by atoms with Crippen LogP contribution in [0, 0.1) is 5.41 Å². The Morgan fingerprint density at radius 2 is 1.67 bits per heavy atom. The maximum absolute atomic E-state index is 9.95. The first-order valence-corrected chi connectivity index (χ1v) is 9.83. The van der Waals surface area contributed by atoms with Crippen LogP contribution in [-0.2, 0) is 11.4 Å². The van der Waals surface area contributed by atoms with Gasteiger partial charge in [-0.25, -0.2) is 0 Å². The third kappa shape index (κ3) is 7.17. The van der Waals surface area contributed by atoms with Crippen molar-refractivity contribution in [3.8, 4) is 5.75 Å². The van der Waals surface area contributed by atoms with Crippen molar-refractivity contribution in [1.29, 1.82) is 0 Å². The van der Waals surface area contributed by atoms with Crippen molar-refractivity contribution in [2.45, 2.75) is 27.4 Å². The fourth-order valence-corrected chi connectivity index (χ4v) is 2.74. The molecule has 5 nitrogen and oxygen atoms in total. The SMILES string of the molecule is CC(C)(C)/C(O)=C/CNc1ccc(OCc2ccc3ccccc3c2)cc1.NC=O. The number of fused-ring (bicyclic) bond motifs is 1. The van der Waals surface area contributed by atoms with Crippen LogP contribution in [-0.4, -0.2) is 18.1 Å². The number of aliphatic hydroxyl groups excluding tert-OH is 1. The predicted octanol–water partition coefficient (Wildman–Crippen LogP) is 5.42. The van der Waals surface area contributed by atoms with Crippen molar-refractivity contribution in [2.75, 3.05) is 11.9 Å². The number of nitrogens with two attached hydrogens (primary N) is 1. The Labute approximate surface area is 178 Å². The van der Waals surface area contributed by atoms with Crippen LogP contribution in [0.3, 0.4) is 0 Å². The van der Waals surface area contributed by atoms with E-state index in [2.05, 4.69) is 47.4 Å². The number of allylic oxidation sites excluding steroid dienone is 1. The summed E-state index contributed by atoms with van der Waals surface area (Å²) < 4.78 is 5.90. The number of nitrogens with one attached hydrogen (secondary N) is 1. The van der Waals surface area contributed by atoms with Gasteiger partial charge in [0.25, 0.3) is 0 Å². The lowest BCUT2D eigenvalue weighted by Gasteiger charge is -2.17. The molecule has 0 aliphatic carbocycles. The molecule has 3 aromatic rings. The molecule has 3 rings (SSSR count). The molecular weight excluding hydrogens is 376 g/mol. The third-order valence-electron chi connectivity index (χ3n) is 4.44. The zero-order valence-corrected chi connectivity index (χ0v) is 17.8. The molecule has 0 aliphatic heterocycles. The average Bonchev–Trinajstić information content (AvgIpc) is 2.73. The zero-order valence-electron chi connectivity index (χ0n) is 17.8. The Morgan fingerprint density at radius 3 is 2.30 bits per heavy atom. The molecule has 0 unspecified atom stereocenters. The van der Waals surface area contributed by atoms with Gasteiger partial charge in [0, 0.05) is 17.6 Å². The summed E-state index contributed by atoms with van der Waals surface area (Å²) in [5, 5.41) is 15.7. The highest BCUT2D eigenvalue weighted by molar-refractivity contribution is 5.82. The van der Waals surface area contributed by atoms with Crippen molar-refractivity contribution < 1.29 is 14.6 Å². The standard InChI is InChI=1S/C24H27NO2.CH3NO/c1-24(2,3)23(26)14-15-25-21-10-12-22(13-11-21)27-17-18-8-9-19-6-4-5-7-20(19)16-18;2-1-3/h4-14,16,25-26H,15,17H2,1-3H3;1H,(H2,2,3)/b23-14-;. The minimum absolute atomic E-state index is 0.220. The van der Waals surface area contributed by atoms with E-state index in [0.29, 0.717) is 18.9 Å². The lowest BCUT2D eigenvalue weighted by atomic mass is 9.94. The van der Waals surface area contributed by atoms with Crippen molar-refractivity contribution in [1.82, 2.24) is 0 Å². The molecule has 4 N–H and O–H groups in total. The Hall–Kier alpha value is -3.47. The summed E-state index contributed by atoms with van der Waals surface area (Å²) in [7, 11) is 0.